The number of rotatable bonds is 6. The third-order valence-electron chi connectivity index (χ3n) is 3.72. The number of nitrogen functional groups attached to an aromatic ring is 2. The lowest BCUT2D eigenvalue weighted by atomic mass is 10.1. The van der Waals surface area contributed by atoms with Crippen LogP contribution >= 0.6 is 0 Å². The third kappa shape index (κ3) is 4.28. The first-order valence-electron chi connectivity index (χ1n) is 7.49. The Kier molecular flexibility index (Phi) is 4.98. The van der Waals surface area contributed by atoms with Gasteiger partial charge < -0.3 is 31.9 Å². The second-order valence-electron chi connectivity index (χ2n) is 5.63. The van der Waals surface area contributed by atoms with Gasteiger partial charge in [0.2, 0.25) is 5.91 Å². The Labute approximate surface area is 136 Å². The van der Waals surface area contributed by atoms with E-state index >= 15 is 0 Å². The van der Waals surface area contributed by atoms with Crippen molar-refractivity contribution in [3.05, 3.63) is 48.0 Å². The third-order valence-corrected chi connectivity index (χ3v) is 3.72. The van der Waals surface area contributed by atoms with Crippen LogP contribution in [0, 0.1) is 0 Å². The minimum Gasteiger partial charge on any atom is -0.399 e. The normalized spacial score (nSPS) is 11.3. The smallest absolute Gasteiger partial charge is 0.243 e. The zero-order chi connectivity index (χ0) is 17.0. The molecule has 0 heterocycles. The number of hydrogen-bond donors (Lipinski definition) is 5. The first-order valence-corrected chi connectivity index (χ1v) is 7.49. The molecule has 0 aliphatic rings. The number of nitrogens with two attached hydrogens (primary N) is 2. The van der Waals surface area contributed by atoms with Crippen LogP contribution in [0.25, 0.3) is 0 Å². The van der Waals surface area contributed by atoms with E-state index in [4.69, 9.17) is 11.5 Å². The number of benzene rings is 2. The van der Waals surface area contributed by atoms with Gasteiger partial charge in [-0.1, -0.05) is 19.1 Å². The Hall–Kier alpha value is -2.44. The summed E-state index contributed by atoms with van der Waals surface area (Å²) >= 11 is 0. The molecule has 2 aromatic carbocycles. The van der Waals surface area contributed by atoms with Gasteiger partial charge in [0.15, 0.2) is 0 Å². The van der Waals surface area contributed by atoms with Gasteiger partial charge in [0, 0.05) is 31.4 Å². The maximum Gasteiger partial charge on any atom is 0.243 e. The van der Waals surface area contributed by atoms with Crippen LogP contribution in [0.5, 0.6) is 0 Å². The molecule has 0 aliphatic heterocycles. The molecule has 0 unspecified atom stereocenters. The molecule has 0 saturated carbocycles. The molecule has 0 bridgehead atoms. The van der Waals surface area contributed by atoms with E-state index in [-0.39, 0.29) is 6.42 Å². The largest absolute Gasteiger partial charge is 0.399 e. The summed E-state index contributed by atoms with van der Waals surface area (Å²) in [5.74, 6) is -1.95. The van der Waals surface area contributed by atoms with Crippen molar-refractivity contribution in [1.29, 1.82) is 0 Å². The fourth-order valence-corrected chi connectivity index (χ4v) is 2.32. The molecule has 0 aromatic heterocycles. The molecule has 0 spiro atoms. The van der Waals surface area contributed by atoms with E-state index in [1.54, 1.807) is 25.1 Å². The van der Waals surface area contributed by atoms with E-state index in [1.165, 1.54) is 0 Å². The molecule has 2 aromatic rings. The van der Waals surface area contributed by atoms with Crippen molar-refractivity contribution in [3.8, 4) is 0 Å². The van der Waals surface area contributed by atoms with Crippen LogP contribution in [0.3, 0.4) is 0 Å². The highest BCUT2D eigenvalue weighted by molar-refractivity contribution is 5.70. The lowest BCUT2D eigenvalue weighted by molar-refractivity contribution is -0.137. The number of nitrogens with one attached hydrogen (secondary N) is 1. The number of nitrogens with zero attached hydrogens (tertiary/aromatic N) is 1. The molecule has 2 rings (SSSR count). The highest BCUT2D eigenvalue weighted by atomic mass is 16.5. The van der Waals surface area contributed by atoms with Crippen molar-refractivity contribution in [3.63, 3.8) is 0 Å². The molecule has 0 radical (unpaired) electrons. The van der Waals surface area contributed by atoms with Crippen LogP contribution in [-0.2, 0) is 6.54 Å². The van der Waals surface area contributed by atoms with Crippen LogP contribution in [0.15, 0.2) is 42.5 Å². The Balaban J connectivity index is 2.26. The fourth-order valence-electron chi connectivity index (χ4n) is 2.32. The van der Waals surface area contributed by atoms with Crippen LogP contribution < -0.4 is 21.7 Å². The highest BCUT2D eigenvalue weighted by Gasteiger charge is 2.21. The van der Waals surface area contributed by atoms with Crippen molar-refractivity contribution in [2.75, 3.05) is 28.7 Å². The van der Waals surface area contributed by atoms with Gasteiger partial charge in [0.05, 0.1) is 11.4 Å². The van der Waals surface area contributed by atoms with Crippen molar-refractivity contribution in [2.24, 2.45) is 0 Å². The quantitative estimate of drug-likeness (QED) is 0.412. The first kappa shape index (κ1) is 16.9. The topological polar surface area (TPSA) is 108 Å². The number of aliphatic hydroxyl groups is 2. The zero-order valence-electron chi connectivity index (χ0n) is 13.5. The standard InChI is InChI=1S/C17H24N4O2/c1-3-17(22,23)20-15-6-4-5-7-16(15)21(2)11-12-10-13(18)8-9-14(12)19/h4-10,20,22-23H,3,11,18-19H2,1-2H3. The second-order valence-corrected chi connectivity index (χ2v) is 5.63. The summed E-state index contributed by atoms with van der Waals surface area (Å²) in [4.78, 5) is 1.97. The summed E-state index contributed by atoms with van der Waals surface area (Å²) in [6, 6.07) is 12.8. The first-order chi connectivity index (χ1) is 10.8. The molecule has 0 amide bonds. The Morgan fingerprint density at radius 3 is 2.52 bits per heavy atom. The SMILES string of the molecule is CCC(O)(O)Nc1ccccc1N(C)Cc1cc(N)ccc1N. The molecule has 0 saturated heterocycles. The lowest BCUT2D eigenvalue weighted by Gasteiger charge is -2.28. The van der Waals surface area contributed by atoms with Crippen LogP contribution in [-0.4, -0.2) is 23.2 Å². The van der Waals surface area contributed by atoms with Gasteiger partial charge >= 0.3 is 0 Å². The monoisotopic (exact) mass is 316 g/mol. The molecule has 0 aliphatic carbocycles. The summed E-state index contributed by atoms with van der Waals surface area (Å²) < 4.78 is 0. The average molecular weight is 316 g/mol. The van der Waals surface area contributed by atoms with E-state index in [1.807, 2.05) is 36.2 Å². The molecule has 6 heteroatoms. The number of para-hydroxylation sites is 2. The molecular formula is C17H24N4O2. The van der Waals surface area contributed by atoms with E-state index < -0.39 is 5.91 Å². The van der Waals surface area contributed by atoms with Crippen molar-refractivity contribution < 1.29 is 10.2 Å². The Morgan fingerprint density at radius 2 is 1.83 bits per heavy atom. The zero-order valence-corrected chi connectivity index (χ0v) is 13.5. The van der Waals surface area contributed by atoms with Crippen molar-refractivity contribution in [2.45, 2.75) is 25.8 Å². The van der Waals surface area contributed by atoms with Crippen LogP contribution in [0.4, 0.5) is 22.7 Å². The number of hydrogen-bond acceptors (Lipinski definition) is 6. The molecule has 23 heavy (non-hydrogen) atoms. The van der Waals surface area contributed by atoms with E-state index in [0.717, 1.165) is 11.3 Å². The predicted octanol–water partition coefficient (Wildman–Crippen LogP) is 1.95. The number of anilines is 4. The van der Waals surface area contributed by atoms with E-state index in [9.17, 15) is 10.2 Å². The van der Waals surface area contributed by atoms with Gasteiger partial charge in [-0.25, -0.2) is 0 Å². The summed E-state index contributed by atoms with van der Waals surface area (Å²) in [7, 11) is 1.91. The van der Waals surface area contributed by atoms with E-state index in [0.29, 0.717) is 23.6 Å². The Bertz CT molecular complexity index is 673. The molecule has 6 nitrogen and oxygen atoms in total. The molecule has 0 fully saturated rings. The maximum absolute atomic E-state index is 9.84. The van der Waals surface area contributed by atoms with Gasteiger partial charge in [-0.15, -0.1) is 0 Å². The highest BCUT2D eigenvalue weighted by Crippen LogP contribution is 2.29. The van der Waals surface area contributed by atoms with Gasteiger partial charge in [0.1, 0.15) is 0 Å². The second kappa shape index (κ2) is 6.76. The van der Waals surface area contributed by atoms with Gasteiger partial charge in [0.25, 0.3) is 0 Å². The van der Waals surface area contributed by atoms with Gasteiger partial charge in [-0.3, -0.25) is 0 Å². The van der Waals surface area contributed by atoms with Crippen LogP contribution in [0.2, 0.25) is 0 Å². The van der Waals surface area contributed by atoms with Gasteiger partial charge in [-0.2, -0.15) is 0 Å². The Morgan fingerprint density at radius 1 is 1.13 bits per heavy atom. The fraction of sp³-hybridized carbons (Fsp3) is 0.294. The minimum absolute atomic E-state index is 0.160. The van der Waals surface area contributed by atoms with Crippen LogP contribution in [0.1, 0.15) is 18.9 Å². The summed E-state index contributed by atoms with van der Waals surface area (Å²) in [6.07, 6.45) is 0.160. The predicted molar refractivity (Wildman–Crippen MR) is 94.9 cm³/mol. The molecule has 0 atom stereocenters. The minimum atomic E-state index is -1.95. The lowest BCUT2D eigenvalue weighted by Crippen LogP contribution is -2.37. The van der Waals surface area contributed by atoms with Crippen molar-refractivity contribution in [1.82, 2.24) is 0 Å². The van der Waals surface area contributed by atoms with Crippen molar-refractivity contribution >= 4 is 22.7 Å². The average Bonchev–Trinajstić information content (AvgIpc) is 2.51. The van der Waals surface area contributed by atoms with Gasteiger partial charge in [-0.05, 0) is 35.9 Å². The maximum atomic E-state index is 9.84. The summed E-state index contributed by atoms with van der Waals surface area (Å²) in [6.45, 7) is 2.23. The van der Waals surface area contributed by atoms with E-state index in [2.05, 4.69) is 5.32 Å². The molecular weight excluding hydrogens is 292 g/mol. The molecule has 7 N–H and O–H groups in total. The summed E-state index contributed by atoms with van der Waals surface area (Å²) in [5, 5.41) is 22.4. The molecule has 124 valence electrons. The summed E-state index contributed by atoms with van der Waals surface area (Å²) in [5.41, 5.74) is 15.5.